The van der Waals surface area contributed by atoms with E-state index in [1.165, 1.54) is 29.8 Å². The molecule has 37 heavy (non-hydrogen) atoms. The zero-order chi connectivity index (χ0) is 26.6. The molecule has 11 nitrogen and oxygen atoms in total. The average molecular weight is 534 g/mol. The second-order valence-electron chi connectivity index (χ2n) is 9.36. The maximum atomic E-state index is 14.0. The largest absolute Gasteiger partial charge is 0.505 e. The summed E-state index contributed by atoms with van der Waals surface area (Å²) in [5.41, 5.74) is -0.249. The molecule has 1 amide bonds. The van der Waals surface area contributed by atoms with Gasteiger partial charge in [-0.15, -0.1) is 5.10 Å². The monoisotopic (exact) mass is 533 g/mol. The van der Waals surface area contributed by atoms with Crippen molar-refractivity contribution in [2.45, 2.75) is 39.3 Å². The van der Waals surface area contributed by atoms with Crippen LogP contribution in [0.15, 0.2) is 23.0 Å². The number of fused-ring (bicyclic) bond motifs is 7. The van der Waals surface area contributed by atoms with E-state index in [0.717, 1.165) is 8.99 Å². The third-order valence-electron chi connectivity index (χ3n) is 6.97. The fourth-order valence-electron chi connectivity index (χ4n) is 5.00. The maximum absolute atomic E-state index is 14.0. The van der Waals surface area contributed by atoms with E-state index in [1.54, 1.807) is 4.90 Å². The van der Waals surface area contributed by atoms with Gasteiger partial charge < -0.3 is 19.3 Å². The average Bonchev–Trinajstić information content (AvgIpc) is 3.17. The van der Waals surface area contributed by atoms with Crippen molar-refractivity contribution in [3.8, 4) is 11.5 Å². The van der Waals surface area contributed by atoms with Crippen LogP contribution in [0.1, 0.15) is 48.8 Å². The third kappa shape index (κ3) is 4.01. The van der Waals surface area contributed by atoms with Crippen LogP contribution in [0.5, 0.6) is 11.5 Å². The Kier molecular flexibility index (Phi) is 6.13. The summed E-state index contributed by atoms with van der Waals surface area (Å²) in [6.07, 6.45) is 0.682. The lowest BCUT2D eigenvalue weighted by molar-refractivity contribution is 0.0686. The van der Waals surface area contributed by atoms with Crippen LogP contribution in [0, 0.1) is 5.82 Å². The fraction of sp³-hybridized carbons (Fsp3) is 0.458. The first-order valence-corrected chi connectivity index (χ1v) is 13.7. The Morgan fingerprint density at radius 3 is 2.73 bits per heavy atom. The van der Waals surface area contributed by atoms with E-state index in [2.05, 4.69) is 5.10 Å². The molecule has 2 aromatic heterocycles. The molecule has 3 aromatic rings. The van der Waals surface area contributed by atoms with Gasteiger partial charge in [0.05, 0.1) is 18.9 Å². The molecular formula is C24H28FN5O6S. The minimum Gasteiger partial charge on any atom is -0.505 e. The SMILES string of the molecule is CCN1C[C@H](C)n2c(c(O)c3c(=O)n4nc(c32)N(C)S(=O)(=O)CCCCOc2cc(F)ccc2C4)C1=O. The Morgan fingerprint density at radius 2 is 2.00 bits per heavy atom. The number of aromatic hydroxyl groups is 1. The minimum absolute atomic E-state index is 0.0776. The topological polar surface area (TPSA) is 127 Å². The smallest absolute Gasteiger partial charge is 0.280 e. The molecule has 0 aliphatic carbocycles. The number of ether oxygens (including phenoxy) is 1. The van der Waals surface area contributed by atoms with E-state index < -0.39 is 33.1 Å². The van der Waals surface area contributed by atoms with E-state index in [9.17, 15) is 27.5 Å². The summed E-state index contributed by atoms with van der Waals surface area (Å²) in [6.45, 7) is 4.36. The predicted octanol–water partition coefficient (Wildman–Crippen LogP) is 2.07. The van der Waals surface area contributed by atoms with Crippen molar-refractivity contribution in [3.05, 3.63) is 45.6 Å². The zero-order valence-electron chi connectivity index (χ0n) is 20.8. The van der Waals surface area contributed by atoms with Crippen molar-refractivity contribution in [2.75, 3.05) is 36.8 Å². The molecule has 13 heteroatoms. The van der Waals surface area contributed by atoms with E-state index in [-0.39, 0.29) is 59.5 Å². The number of likely N-dealkylation sites (N-methyl/N-ethyl adjacent to an activating group) is 1. The molecule has 1 atom stereocenters. The second kappa shape index (κ2) is 9.05. The van der Waals surface area contributed by atoms with Gasteiger partial charge in [0.1, 0.15) is 22.5 Å². The van der Waals surface area contributed by atoms with Crippen molar-refractivity contribution in [3.63, 3.8) is 0 Å². The Hall–Kier alpha value is -3.61. The summed E-state index contributed by atoms with van der Waals surface area (Å²) in [6, 6.07) is 3.55. The van der Waals surface area contributed by atoms with E-state index in [1.807, 2.05) is 13.8 Å². The molecule has 0 saturated carbocycles. The summed E-state index contributed by atoms with van der Waals surface area (Å²) in [4.78, 5) is 28.5. The molecule has 1 N–H and O–H groups in total. The molecule has 0 radical (unpaired) electrons. The Bertz CT molecular complexity index is 1580. The first-order valence-electron chi connectivity index (χ1n) is 12.1. The second-order valence-corrected chi connectivity index (χ2v) is 11.5. The number of carbonyl (C=O) groups is 1. The first-order chi connectivity index (χ1) is 17.5. The highest BCUT2D eigenvalue weighted by Gasteiger charge is 2.38. The van der Waals surface area contributed by atoms with Crippen LogP contribution in [0.4, 0.5) is 10.2 Å². The van der Waals surface area contributed by atoms with Crippen molar-refractivity contribution < 1.29 is 27.4 Å². The van der Waals surface area contributed by atoms with Crippen LogP contribution in [0.2, 0.25) is 0 Å². The molecule has 1 aromatic carbocycles. The number of benzene rings is 1. The molecule has 0 saturated heterocycles. The van der Waals surface area contributed by atoms with Gasteiger partial charge in [-0.1, -0.05) is 6.07 Å². The normalized spacial score (nSPS) is 19.9. The molecule has 5 rings (SSSR count). The predicted molar refractivity (Wildman–Crippen MR) is 134 cm³/mol. The van der Waals surface area contributed by atoms with Gasteiger partial charge in [-0.25, -0.2) is 17.5 Å². The Morgan fingerprint density at radius 1 is 1.24 bits per heavy atom. The summed E-state index contributed by atoms with van der Waals surface area (Å²) in [7, 11) is -2.55. The van der Waals surface area contributed by atoms with Crippen LogP contribution in [-0.4, -0.2) is 71.2 Å². The number of aromatic nitrogens is 3. The van der Waals surface area contributed by atoms with Crippen LogP contribution in [0.3, 0.4) is 0 Å². The number of amides is 1. The molecule has 4 heterocycles. The number of hydrogen-bond acceptors (Lipinski definition) is 7. The van der Waals surface area contributed by atoms with Crippen molar-refractivity contribution in [2.24, 2.45) is 0 Å². The number of rotatable bonds is 1. The van der Waals surface area contributed by atoms with Gasteiger partial charge in [0.2, 0.25) is 10.0 Å². The van der Waals surface area contributed by atoms with Gasteiger partial charge in [0, 0.05) is 37.8 Å². The van der Waals surface area contributed by atoms with Crippen molar-refractivity contribution in [1.82, 2.24) is 19.2 Å². The molecule has 2 aliphatic rings. The third-order valence-corrected chi connectivity index (χ3v) is 8.78. The molecular weight excluding hydrogens is 505 g/mol. The molecule has 0 fully saturated rings. The highest BCUT2D eigenvalue weighted by molar-refractivity contribution is 7.92. The minimum atomic E-state index is -3.89. The van der Waals surface area contributed by atoms with Gasteiger partial charge in [0.25, 0.3) is 11.5 Å². The lowest BCUT2D eigenvalue weighted by Gasteiger charge is -2.33. The summed E-state index contributed by atoms with van der Waals surface area (Å²) < 4.78 is 49.8. The highest BCUT2D eigenvalue weighted by atomic mass is 32.2. The summed E-state index contributed by atoms with van der Waals surface area (Å²) in [5, 5.41) is 15.4. The van der Waals surface area contributed by atoms with Gasteiger partial charge in [-0.05, 0) is 32.8 Å². The lowest BCUT2D eigenvalue weighted by Crippen LogP contribution is -2.42. The number of hydrogen-bond donors (Lipinski definition) is 1. The van der Waals surface area contributed by atoms with Crippen molar-refractivity contribution in [1.29, 1.82) is 0 Å². The lowest BCUT2D eigenvalue weighted by atomic mass is 10.2. The van der Waals surface area contributed by atoms with Crippen LogP contribution >= 0.6 is 0 Å². The summed E-state index contributed by atoms with van der Waals surface area (Å²) in [5.74, 6) is -1.58. The number of halogens is 1. The molecule has 2 bridgehead atoms. The number of anilines is 1. The number of sulfonamides is 1. The van der Waals surface area contributed by atoms with Gasteiger partial charge >= 0.3 is 0 Å². The quantitative estimate of drug-likeness (QED) is 0.507. The van der Waals surface area contributed by atoms with Crippen LogP contribution in [0.25, 0.3) is 10.9 Å². The maximum Gasteiger partial charge on any atom is 0.280 e. The first kappa shape index (κ1) is 25.1. The molecule has 2 aliphatic heterocycles. The van der Waals surface area contributed by atoms with Gasteiger partial charge in [-0.2, -0.15) is 0 Å². The molecule has 198 valence electrons. The van der Waals surface area contributed by atoms with Gasteiger partial charge in [-0.3, -0.25) is 13.9 Å². The molecule has 0 unspecified atom stereocenters. The summed E-state index contributed by atoms with van der Waals surface area (Å²) >= 11 is 0. The van der Waals surface area contributed by atoms with Crippen molar-refractivity contribution >= 4 is 32.7 Å². The standard InChI is InChI=1S/C24H28FN5O6S/c1-4-28-12-14(2)30-19-18(21(31)20(30)24(28)33)23(32)29-13-15-7-8-16(25)11-17(15)36-9-5-6-10-37(34,35)27(3)22(19)26-29/h7-8,11,14,31H,4-6,9-10,12-13H2,1-3H3/t14-/m0/s1. The van der Waals surface area contributed by atoms with E-state index in [4.69, 9.17) is 4.74 Å². The van der Waals surface area contributed by atoms with E-state index in [0.29, 0.717) is 25.1 Å². The number of carbonyl (C=O) groups excluding carboxylic acids is 1. The molecule has 0 spiro atoms. The number of nitrogens with zero attached hydrogens (tertiary/aromatic N) is 5. The fourth-order valence-corrected chi connectivity index (χ4v) is 6.23. The zero-order valence-corrected chi connectivity index (χ0v) is 21.6. The Balaban J connectivity index is 1.85. The van der Waals surface area contributed by atoms with Crippen LogP contribution in [-0.2, 0) is 16.6 Å². The van der Waals surface area contributed by atoms with Crippen LogP contribution < -0.4 is 14.6 Å². The Labute approximate surface area is 212 Å². The highest BCUT2D eigenvalue weighted by Crippen LogP contribution is 2.40. The van der Waals surface area contributed by atoms with Gasteiger partial charge in [0.15, 0.2) is 17.3 Å². The van der Waals surface area contributed by atoms with E-state index >= 15 is 0 Å².